The average molecular weight is 494 g/mol. The van der Waals surface area contributed by atoms with E-state index in [4.69, 9.17) is 4.74 Å². The van der Waals surface area contributed by atoms with Crippen LogP contribution in [0.3, 0.4) is 0 Å². The van der Waals surface area contributed by atoms with Gasteiger partial charge in [0, 0.05) is 19.2 Å². The maximum atomic E-state index is 13.5. The summed E-state index contributed by atoms with van der Waals surface area (Å²) >= 11 is 0. The van der Waals surface area contributed by atoms with Crippen LogP contribution in [-0.4, -0.2) is 43.9 Å². The molecule has 3 aromatic rings. The first-order valence-corrected chi connectivity index (χ1v) is 13.1. The molecule has 2 heterocycles. The van der Waals surface area contributed by atoms with E-state index in [1.807, 2.05) is 18.2 Å². The van der Waals surface area contributed by atoms with Crippen molar-refractivity contribution in [3.8, 4) is 5.88 Å². The van der Waals surface area contributed by atoms with Crippen LogP contribution >= 0.6 is 0 Å². The molecule has 1 aliphatic heterocycles. The minimum Gasteiger partial charge on any atom is -0.481 e. The molecule has 35 heavy (non-hydrogen) atoms. The lowest BCUT2D eigenvalue weighted by atomic mass is 9.98. The van der Waals surface area contributed by atoms with Crippen molar-refractivity contribution in [3.63, 3.8) is 0 Å². The van der Waals surface area contributed by atoms with Crippen LogP contribution in [0.2, 0.25) is 0 Å². The third-order valence-electron chi connectivity index (χ3n) is 6.56. The molecule has 0 saturated heterocycles. The number of nitrogens with zero attached hydrogens (tertiary/aromatic N) is 2. The topological polar surface area (TPSA) is 88.6 Å². The van der Waals surface area contributed by atoms with Gasteiger partial charge in [0.2, 0.25) is 5.88 Å². The summed E-state index contributed by atoms with van der Waals surface area (Å²) in [5.74, 6) is -0.399. The number of hydrogen-bond acceptors (Lipinski definition) is 6. The lowest BCUT2D eigenvalue weighted by Crippen LogP contribution is -2.49. The van der Waals surface area contributed by atoms with Crippen molar-refractivity contribution in [2.75, 3.05) is 13.7 Å². The van der Waals surface area contributed by atoms with E-state index >= 15 is 0 Å². The minimum atomic E-state index is -4.17. The van der Waals surface area contributed by atoms with Crippen LogP contribution in [0.5, 0.6) is 5.88 Å². The summed E-state index contributed by atoms with van der Waals surface area (Å²) in [6, 6.07) is 16.1. The SMILES string of the molecule is COc1cccc(S(=O)(=O)NC(=O)C2Cc3ccccc3CCN2Cc2c(C)cc(C)cc2C)n1. The number of benzene rings is 2. The Hall–Kier alpha value is -3.23. The molecule has 1 unspecified atom stereocenters. The predicted molar refractivity (Wildman–Crippen MR) is 135 cm³/mol. The number of methoxy groups -OCH3 is 1. The van der Waals surface area contributed by atoms with Gasteiger partial charge in [-0.1, -0.05) is 48.0 Å². The highest BCUT2D eigenvalue weighted by Gasteiger charge is 2.33. The van der Waals surface area contributed by atoms with Crippen LogP contribution in [0, 0.1) is 20.8 Å². The molecule has 0 fully saturated rings. The zero-order chi connectivity index (χ0) is 25.2. The zero-order valence-electron chi connectivity index (χ0n) is 20.5. The highest BCUT2D eigenvalue weighted by molar-refractivity contribution is 7.90. The lowest BCUT2D eigenvalue weighted by molar-refractivity contribution is -0.124. The van der Waals surface area contributed by atoms with Gasteiger partial charge in [-0.3, -0.25) is 9.69 Å². The average Bonchev–Trinajstić information content (AvgIpc) is 3.01. The number of hydrogen-bond donors (Lipinski definition) is 1. The summed E-state index contributed by atoms with van der Waals surface area (Å²) < 4.78 is 33.4. The van der Waals surface area contributed by atoms with Crippen molar-refractivity contribution in [1.29, 1.82) is 0 Å². The van der Waals surface area contributed by atoms with Crippen molar-refractivity contribution < 1.29 is 17.9 Å². The van der Waals surface area contributed by atoms with Gasteiger partial charge in [0.1, 0.15) is 0 Å². The fourth-order valence-electron chi connectivity index (χ4n) is 4.78. The van der Waals surface area contributed by atoms with E-state index in [0.717, 1.165) is 28.7 Å². The van der Waals surface area contributed by atoms with Crippen molar-refractivity contribution in [2.24, 2.45) is 0 Å². The van der Waals surface area contributed by atoms with E-state index in [0.29, 0.717) is 19.5 Å². The fraction of sp³-hybridized carbons (Fsp3) is 0.333. The fourth-order valence-corrected chi connectivity index (χ4v) is 5.75. The lowest BCUT2D eigenvalue weighted by Gasteiger charge is -2.30. The molecule has 0 bridgehead atoms. The van der Waals surface area contributed by atoms with Gasteiger partial charge in [-0.05, 0) is 67.5 Å². The van der Waals surface area contributed by atoms with E-state index in [9.17, 15) is 13.2 Å². The Kier molecular flexibility index (Phi) is 7.23. The first kappa shape index (κ1) is 24.9. The Morgan fingerprint density at radius 1 is 1.06 bits per heavy atom. The number of nitrogens with one attached hydrogen (secondary N) is 1. The Labute approximate surface area is 207 Å². The van der Waals surface area contributed by atoms with Gasteiger partial charge in [-0.2, -0.15) is 13.4 Å². The number of ether oxygens (including phenoxy) is 1. The van der Waals surface area contributed by atoms with Gasteiger partial charge in [0.25, 0.3) is 15.9 Å². The monoisotopic (exact) mass is 493 g/mol. The Morgan fingerprint density at radius 3 is 2.43 bits per heavy atom. The third-order valence-corrected chi connectivity index (χ3v) is 7.81. The van der Waals surface area contributed by atoms with E-state index in [2.05, 4.69) is 53.6 Å². The van der Waals surface area contributed by atoms with Crippen molar-refractivity contribution in [3.05, 3.63) is 88.0 Å². The van der Waals surface area contributed by atoms with Crippen LogP contribution < -0.4 is 9.46 Å². The second kappa shape index (κ2) is 10.2. The molecule has 4 rings (SSSR count). The van der Waals surface area contributed by atoms with E-state index in [-0.39, 0.29) is 10.9 Å². The molecular weight excluding hydrogens is 462 g/mol. The van der Waals surface area contributed by atoms with Crippen molar-refractivity contribution in [2.45, 2.75) is 51.2 Å². The number of amides is 1. The summed E-state index contributed by atoms with van der Waals surface area (Å²) in [7, 11) is -2.76. The van der Waals surface area contributed by atoms with Gasteiger partial charge < -0.3 is 4.74 Å². The van der Waals surface area contributed by atoms with Gasteiger partial charge in [0.15, 0.2) is 5.03 Å². The summed E-state index contributed by atoms with van der Waals surface area (Å²) in [6.45, 7) is 7.42. The molecule has 1 amide bonds. The van der Waals surface area contributed by atoms with Crippen LogP contribution in [-0.2, 0) is 34.2 Å². The number of carbonyl (C=O) groups excluding carboxylic acids is 1. The molecule has 1 aliphatic rings. The van der Waals surface area contributed by atoms with Gasteiger partial charge in [0.05, 0.1) is 13.2 Å². The maximum absolute atomic E-state index is 13.5. The zero-order valence-corrected chi connectivity index (χ0v) is 21.4. The standard InChI is InChI=1S/C27H31N3O4S/c1-18-14-19(2)23(20(3)15-18)17-30-13-12-21-8-5-6-9-22(21)16-24(30)27(31)29-35(32,33)26-11-7-10-25(28-26)34-4/h5-11,14-15,24H,12-13,16-17H2,1-4H3,(H,29,31). The van der Waals surface area contributed by atoms with Gasteiger partial charge >= 0.3 is 0 Å². The van der Waals surface area contributed by atoms with Crippen LogP contribution in [0.4, 0.5) is 0 Å². The molecule has 0 radical (unpaired) electrons. The summed E-state index contributed by atoms with van der Waals surface area (Å²) in [6.07, 6.45) is 1.21. The molecule has 1 atom stereocenters. The Balaban J connectivity index is 1.66. The number of carbonyl (C=O) groups is 1. The molecule has 2 aromatic carbocycles. The van der Waals surface area contributed by atoms with Crippen molar-refractivity contribution in [1.82, 2.24) is 14.6 Å². The van der Waals surface area contributed by atoms with Crippen molar-refractivity contribution >= 4 is 15.9 Å². The minimum absolute atomic E-state index is 0.163. The molecule has 0 saturated carbocycles. The van der Waals surface area contributed by atoms with Gasteiger partial charge in [-0.15, -0.1) is 0 Å². The van der Waals surface area contributed by atoms with Crippen LogP contribution in [0.1, 0.15) is 33.4 Å². The van der Waals surface area contributed by atoms with Crippen LogP contribution in [0.25, 0.3) is 0 Å². The molecule has 0 spiro atoms. The molecule has 8 heteroatoms. The first-order valence-electron chi connectivity index (χ1n) is 11.6. The molecule has 7 nitrogen and oxygen atoms in total. The Bertz CT molecular complexity index is 1330. The molecule has 1 aromatic heterocycles. The second-order valence-electron chi connectivity index (χ2n) is 9.07. The Morgan fingerprint density at radius 2 is 1.74 bits per heavy atom. The summed E-state index contributed by atoms with van der Waals surface area (Å²) in [5, 5.41) is -0.254. The van der Waals surface area contributed by atoms with Crippen LogP contribution in [0.15, 0.2) is 59.6 Å². The second-order valence-corrected chi connectivity index (χ2v) is 10.7. The first-order chi connectivity index (χ1) is 16.7. The normalized spacial score (nSPS) is 16.3. The number of rotatable bonds is 6. The largest absolute Gasteiger partial charge is 0.481 e. The highest BCUT2D eigenvalue weighted by atomic mass is 32.2. The number of pyridine rings is 1. The predicted octanol–water partition coefficient (Wildman–Crippen LogP) is 3.49. The van der Waals surface area contributed by atoms with E-state index in [1.54, 1.807) is 6.07 Å². The number of fused-ring (bicyclic) bond motifs is 1. The molecule has 0 aliphatic carbocycles. The quantitative estimate of drug-likeness (QED) is 0.566. The molecule has 1 N–H and O–H groups in total. The van der Waals surface area contributed by atoms with Gasteiger partial charge in [-0.25, -0.2) is 4.72 Å². The third kappa shape index (κ3) is 5.55. The number of sulfonamides is 1. The number of aryl methyl sites for hydroxylation is 3. The smallest absolute Gasteiger partial charge is 0.281 e. The van der Waals surface area contributed by atoms with E-state index < -0.39 is 22.0 Å². The maximum Gasteiger partial charge on any atom is 0.281 e. The molecular formula is C27H31N3O4S. The summed E-state index contributed by atoms with van der Waals surface area (Å²) in [5.41, 5.74) is 6.93. The number of aromatic nitrogens is 1. The summed E-state index contributed by atoms with van der Waals surface area (Å²) in [4.78, 5) is 19.6. The van der Waals surface area contributed by atoms with E-state index in [1.165, 1.54) is 30.4 Å². The highest BCUT2D eigenvalue weighted by Crippen LogP contribution is 2.25. The molecule has 184 valence electrons.